The van der Waals surface area contributed by atoms with E-state index in [9.17, 15) is 9.18 Å². The van der Waals surface area contributed by atoms with E-state index >= 15 is 0 Å². The molecular weight excluding hydrogens is 291 g/mol. The molecule has 0 unspecified atom stereocenters. The third-order valence-corrected chi connectivity index (χ3v) is 3.73. The first-order valence-corrected chi connectivity index (χ1v) is 7.19. The number of benzene rings is 2. The highest BCUT2D eigenvalue weighted by Gasteiger charge is 2.07. The van der Waals surface area contributed by atoms with E-state index in [1.807, 2.05) is 0 Å². The molecule has 0 radical (unpaired) electrons. The van der Waals surface area contributed by atoms with E-state index in [0.717, 1.165) is 4.90 Å². The molecular formula is C15H15FN2O2S. The van der Waals surface area contributed by atoms with Gasteiger partial charge in [0.1, 0.15) is 11.6 Å². The number of ether oxygens (including phenoxy) is 1. The van der Waals surface area contributed by atoms with Crippen LogP contribution in [0.4, 0.5) is 15.8 Å². The number of amides is 1. The summed E-state index contributed by atoms with van der Waals surface area (Å²) in [7, 11) is 1.55. The average Bonchev–Trinajstić information content (AvgIpc) is 2.48. The van der Waals surface area contributed by atoms with Gasteiger partial charge in [-0.2, -0.15) is 0 Å². The summed E-state index contributed by atoms with van der Waals surface area (Å²) in [6, 6.07) is 11.0. The lowest BCUT2D eigenvalue weighted by Gasteiger charge is -2.09. The van der Waals surface area contributed by atoms with Crippen LogP contribution in [-0.4, -0.2) is 18.8 Å². The van der Waals surface area contributed by atoms with Gasteiger partial charge in [-0.1, -0.05) is 0 Å². The minimum absolute atomic E-state index is 0.179. The average molecular weight is 306 g/mol. The van der Waals surface area contributed by atoms with E-state index in [2.05, 4.69) is 5.32 Å². The van der Waals surface area contributed by atoms with Crippen molar-refractivity contribution in [1.29, 1.82) is 0 Å². The zero-order valence-corrected chi connectivity index (χ0v) is 12.2. The van der Waals surface area contributed by atoms with Gasteiger partial charge in [-0.15, -0.1) is 11.8 Å². The van der Waals surface area contributed by atoms with Crippen LogP contribution in [0.25, 0.3) is 0 Å². The van der Waals surface area contributed by atoms with E-state index in [0.29, 0.717) is 17.1 Å². The second-order valence-electron chi connectivity index (χ2n) is 4.24. The van der Waals surface area contributed by atoms with Crippen molar-refractivity contribution in [1.82, 2.24) is 0 Å². The second kappa shape index (κ2) is 6.99. The lowest BCUT2D eigenvalue weighted by molar-refractivity contribution is -0.113. The lowest BCUT2D eigenvalue weighted by Crippen LogP contribution is -2.15. The highest BCUT2D eigenvalue weighted by atomic mass is 32.2. The smallest absolute Gasteiger partial charge is 0.234 e. The Hall–Kier alpha value is -2.21. The SMILES string of the molecule is COc1ccc(NC(=O)CSc2ccc(F)cc2)c(N)c1. The molecule has 0 aromatic heterocycles. The number of anilines is 2. The Morgan fingerprint density at radius 1 is 1.29 bits per heavy atom. The molecule has 0 heterocycles. The molecule has 0 saturated carbocycles. The number of nitrogens with two attached hydrogens (primary N) is 1. The molecule has 21 heavy (non-hydrogen) atoms. The van der Waals surface area contributed by atoms with Gasteiger partial charge in [-0.05, 0) is 36.4 Å². The van der Waals surface area contributed by atoms with Gasteiger partial charge in [0.25, 0.3) is 0 Å². The molecule has 2 aromatic carbocycles. The zero-order valence-electron chi connectivity index (χ0n) is 11.4. The number of nitrogen functional groups attached to an aromatic ring is 1. The van der Waals surface area contributed by atoms with Crippen molar-refractivity contribution < 1.29 is 13.9 Å². The van der Waals surface area contributed by atoms with Crippen molar-refractivity contribution in [2.75, 3.05) is 23.9 Å². The summed E-state index contributed by atoms with van der Waals surface area (Å²) >= 11 is 1.33. The molecule has 0 atom stereocenters. The van der Waals surface area contributed by atoms with Crippen LogP contribution in [0.15, 0.2) is 47.4 Å². The number of nitrogens with one attached hydrogen (secondary N) is 1. The quantitative estimate of drug-likeness (QED) is 0.658. The second-order valence-corrected chi connectivity index (χ2v) is 5.29. The number of halogens is 1. The van der Waals surface area contributed by atoms with E-state index in [1.54, 1.807) is 37.4 Å². The Bertz CT molecular complexity index is 632. The van der Waals surface area contributed by atoms with Gasteiger partial charge in [0, 0.05) is 11.0 Å². The van der Waals surface area contributed by atoms with E-state index in [-0.39, 0.29) is 17.5 Å². The number of hydrogen-bond donors (Lipinski definition) is 2. The number of carbonyl (C=O) groups is 1. The number of thioether (sulfide) groups is 1. The fourth-order valence-corrected chi connectivity index (χ4v) is 2.35. The maximum atomic E-state index is 12.8. The summed E-state index contributed by atoms with van der Waals surface area (Å²) < 4.78 is 17.8. The maximum Gasteiger partial charge on any atom is 0.234 e. The number of carbonyl (C=O) groups excluding carboxylic acids is 1. The first kappa shape index (κ1) is 15.2. The van der Waals surface area contributed by atoms with Gasteiger partial charge in [-0.3, -0.25) is 4.79 Å². The molecule has 4 nitrogen and oxygen atoms in total. The van der Waals surface area contributed by atoms with Crippen LogP contribution in [0.5, 0.6) is 5.75 Å². The molecule has 0 bridgehead atoms. The molecule has 0 aliphatic carbocycles. The van der Waals surface area contributed by atoms with Crippen molar-refractivity contribution in [3.8, 4) is 5.75 Å². The van der Waals surface area contributed by atoms with Gasteiger partial charge in [-0.25, -0.2) is 4.39 Å². The molecule has 0 aliphatic heterocycles. The van der Waals surface area contributed by atoms with Crippen LogP contribution in [0.2, 0.25) is 0 Å². The predicted molar refractivity (Wildman–Crippen MR) is 83.2 cm³/mol. The zero-order chi connectivity index (χ0) is 15.2. The number of hydrogen-bond acceptors (Lipinski definition) is 4. The fraction of sp³-hybridized carbons (Fsp3) is 0.133. The summed E-state index contributed by atoms with van der Waals surface area (Å²) in [6.07, 6.45) is 0. The van der Waals surface area contributed by atoms with Crippen molar-refractivity contribution in [3.63, 3.8) is 0 Å². The van der Waals surface area contributed by atoms with Gasteiger partial charge >= 0.3 is 0 Å². The monoisotopic (exact) mass is 306 g/mol. The minimum Gasteiger partial charge on any atom is -0.497 e. The standard InChI is InChI=1S/C15H15FN2O2S/c1-20-11-4-7-14(13(17)8-11)18-15(19)9-21-12-5-2-10(16)3-6-12/h2-8H,9,17H2,1H3,(H,18,19). The molecule has 2 rings (SSSR count). The van der Waals surface area contributed by atoms with Crippen LogP contribution >= 0.6 is 11.8 Å². The van der Waals surface area contributed by atoms with Crippen LogP contribution in [0, 0.1) is 5.82 Å². The van der Waals surface area contributed by atoms with Crippen molar-refractivity contribution in [2.24, 2.45) is 0 Å². The normalized spacial score (nSPS) is 10.2. The van der Waals surface area contributed by atoms with Crippen LogP contribution in [0.3, 0.4) is 0 Å². The molecule has 2 aromatic rings. The van der Waals surface area contributed by atoms with Crippen LogP contribution in [-0.2, 0) is 4.79 Å². The van der Waals surface area contributed by atoms with Crippen molar-refractivity contribution in [3.05, 3.63) is 48.3 Å². The lowest BCUT2D eigenvalue weighted by atomic mass is 10.2. The first-order valence-electron chi connectivity index (χ1n) is 6.20. The summed E-state index contributed by atoms with van der Waals surface area (Å²) in [5.41, 5.74) is 6.81. The van der Waals surface area contributed by atoms with E-state index in [1.165, 1.54) is 23.9 Å². The number of methoxy groups -OCH3 is 1. The third-order valence-electron chi connectivity index (χ3n) is 2.72. The topological polar surface area (TPSA) is 64.3 Å². The van der Waals surface area contributed by atoms with Gasteiger partial charge < -0.3 is 15.8 Å². The Kier molecular flexibility index (Phi) is 5.05. The molecule has 6 heteroatoms. The van der Waals surface area contributed by atoms with Crippen LogP contribution < -0.4 is 15.8 Å². The Balaban J connectivity index is 1.91. The first-order chi connectivity index (χ1) is 10.1. The summed E-state index contributed by atoms with van der Waals surface area (Å²) in [5.74, 6) is 0.374. The maximum absolute atomic E-state index is 12.8. The van der Waals surface area contributed by atoms with E-state index < -0.39 is 0 Å². The Morgan fingerprint density at radius 3 is 2.62 bits per heavy atom. The Labute approximate surface area is 126 Å². The molecule has 0 aliphatic rings. The van der Waals surface area contributed by atoms with Gasteiger partial charge in [0.2, 0.25) is 5.91 Å². The van der Waals surface area contributed by atoms with E-state index in [4.69, 9.17) is 10.5 Å². The summed E-state index contributed by atoms with van der Waals surface area (Å²) in [6.45, 7) is 0. The summed E-state index contributed by atoms with van der Waals surface area (Å²) in [4.78, 5) is 12.7. The molecule has 0 fully saturated rings. The molecule has 110 valence electrons. The minimum atomic E-state index is -0.296. The number of rotatable bonds is 5. The largest absolute Gasteiger partial charge is 0.497 e. The van der Waals surface area contributed by atoms with Gasteiger partial charge in [0.05, 0.1) is 24.2 Å². The van der Waals surface area contributed by atoms with Gasteiger partial charge in [0.15, 0.2) is 0 Å². The predicted octanol–water partition coefficient (Wildman–Crippen LogP) is 3.15. The molecule has 0 saturated heterocycles. The molecule has 3 N–H and O–H groups in total. The van der Waals surface area contributed by atoms with Crippen molar-refractivity contribution in [2.45, 2.75) is 4.90 Å². The molecule has 1 amide bonds. The Morgan fingerprint density at radius 2 is 2.00 bits per heavy atom. The van der Waals surface area contributed by atoms with Crippen molar-refractivity contribution >= 4 is 29.0 Å². The summed E-state index contributed by atoms with van der Waals surface area (Å²) in [5, 5.41) is 2.73. The fourth-order valence-electron chi connectivity index (χ4n) is 1.65. The highest BCUT2D eigenvalue weighted by molar-refractivity contribution is 8.00. The highest BCUT2D eigenvalue weighted by Crippen LogP contribution is 2.25. The third kappa shape index (κ3) is 4.39. The molecule has 0 spiro atoms. The van der Waals surface area contributed by atoms with Crippen LogP contribution in [0.1, 0.15) is 0 Å².